The summed E-state index contributed by atoms with van der Waals surface area (Å²) in [5.74, 6) is 0. The standard InChI is InChI=1S/C3H8BrO4P.H3N/c4-2-1-3-8-9(5,6)7;/h1-3H2,(H2,5,6,7);1H3. The van der Waals surface area contributed by atoms with Crippen LogP contribution in [0.2, 0.25) is 0 Å². The van der Waals surface area contributed by atoms with Crippen molar-refractivity contribution in [2.75, 3.05) is 11.9 Å². The van der Waals surface area contributed by atoms with Crippen LogP contribution in [0.1, 0.15) is 6.42 Å². The molecule has 0 bridgehead atoms. The fourth-order valence-corrected chi connectivity index (χ4v) is 0.834. The van der Waals surface area contributed by atoms with Gasteiger partial charge in [0.05, 0.1) is 6.61 Å². The molecular formula is C3H11BrNO4P. The molecule has 0 saturated carbocycles. The maximum absolute atomic E-state index is 9.96. The molecule has 0 aromatic carbocycles. The highest BCUT2D eigenvalue weighted by molar-refractivity contribution is 9.09. The van der Waals surface area contributed by atoms with Crippen LogP contribution in [-0.4, -0.2) is 21.7 Å². The molecule has 0 aromatic heterocycles. The van der Waals surface area contributed by atoms with Gasteiger partial charge in [-0.3, -0.25) is 4.52 Å². The molecule has 0 aliphatic heterocycles. The summed E-state index contributed by atoms with van der Waals surface area (Å²) in [6, 6.07) is 0. The molecule has 64 valence electrons. The number of phosphoric acid groups is 1. The minimum Gasteiger partial charge on any atom is -0.344 e. The van der Waals surface area contributed by atoms with Gasteiger partial charge in [0.25, 0.3) is 0 Å². The highest BCUT2D eigenvalue weighted by Gasteiger charge is 2.11. The summed E-state index contributed by atoms with van der Waals surface area (Å²) in [5.41, 5.74) is 0. The van der Waals surface area contributed by atoms with E-state index in [0.29, 0.717) is 11.8 Å². The molecule has 0 amide bonds. The van der Waals surface area contributed by atoms with Gasteiger partial charge >= 0.3 is 7.82 Å². The smallest absolute Gasteiger partial charge is 0.344 e. The van der Waals surface area contributed by atoms with Crippen molar-refractivity contribution in [2.45, 2.75) is 6.42 Å². The summed E-state index contributed by atoms with van der Waals surface area (Å²) < 4.78 is 14.1. The first-order chi connectivity index (χ1) is 4.06. The van der Waals surface area contributed by atoms with E-state index in [-0.39, 0.29) is 12.8 Å². The van der Waals surface area contributed by atoms with E-state index in [1.165, 1.54) is 0 Å². The molecule has 0 spiro atoms. The van der Waals surface area contributed by atoms with Gasteiger partial charge in [-0.05, 0) is 6.42 Å². The second-order valence-electron chi connectivity index (χ2n) is 1.37. The molecule has 0 unspecified atom stereocenters. The van der Waals surface area contributed by atoms with Crippen LogP contribution in [0, 0.1) is 0 Å². The number of halogens is 1. The van der Waals surface area contributed by atoms with Crippen LogP contribution in [0.25, 0.3) is 0 Å². The van der Waals surface area contributed by atoms with E-state index in [2.05, 4.69) is 20.5 Å². The number of phosphoric ester groups is 1. The van der Waals surface area contributed by atoms with Crippen molar-refractivity contribution in [1.29, 1.82) is 0 Å². The zero-order chi connectivity index (χ0) is 7.33. The summed E-state index contributed by atoms with van der Waals surface area (Å²) >= 11 is 3.08. The number of alkyl halides is 1. The summed E-state index contributed by atoms with van der Waals surface area (Å²) in [6.45, 7) is 0.0928. The first-order valence-corrected chi connectivity index (χ1v) is 4.97. The van der Waals surface area contributed by atoms with Crippen LogP contribution in [0.15, 0.2) is 0 Å². The molecule has 10 heavy (non-hydrogen) atoms. The van der Waals surface area contributed by atoms with Gasteiger partial charge in [0.15, 0.2) is 0 Å². The predicted molar refractivity (Wildman–Crippen MR) is 41.4 cm³/mol. The Labute approximate surface area is 67.7 Å². The minimum absolute atomic E-state index is 0. The highest BCUT2D eigenvalue weighted by Crippen LogP contribution is 2.35. The summed E-state index contributed by atoms with van der Waals surface area (Å²) in [4.78, 5) is 16.2. The van der Waals surface area contributed by atoms with E-state index in [1.54, 1.807) is 0 Å². The van der Waals surface area contributed by atoms with E-state index < -0.39 is 7.82 Å². The van der Waals surface area contributed by atoms with E-state index in [9.17, 15) is 4.57 Å². The van der Waals surface area contributed by atoms with Gasteiger partial charge in [-0.1, -0.05) is 15.9 Å². The van der Waals surface area contributed by atoms with E-state index in [4.69, 9.17) is 9.79 Å². The van der Waals surface area contributed by atoms with Crippen molar-refractivity contribution in [3.8, 4) is 0 Å². The maximum Gasteiger partial charge on any atom is 0.469 e. The van der Waals surface area contributed by atoms with E-state index in [0.717, 1.165) is 0 Å². The molecule has 0 aromatic rings. The zero-order valence-corrected chi connectivity index (χ0v) is 7.84. The number of rotatable bonds is 4. The normalized spacial score (nSPS) is 10.7. The molecule has 0 atom stereocenters. The molecule has 5 nitrogen and oxygen atoms in total. The molecule has 0 radical (unpaired) electrons. The average Bonchev–Trinajstić information content (AvgIpc) is 1.63. The van der Waals surface area contributed by atoms with Gasteiger partial charge in [-0.2, -0.15) is 0 Å². The van der Waals surface area contributed by atoms with Gasteiger partial charge < -0.3 is 15.9 Å². The lowest BCUT2D eigenvalue weighted by atomic mass is 10.5. The Morgan fingerprint density at radius 1 is 1.50 bits per heavy atom. The maximum atomic E-state index is 9.96. The van der Waals surface area contributed by atoms with Crippen LogP contribution in [0.4, 0.5) is 0 Å². The Morgan fingerprint density at radius 3 is 2.30 bits per heavy atom. The number of hydrogen-bond acceptors (Lipinski definition) is 3. The van der Waals surface area contributed by atoms with Gasteiger partial charge in [0.1, 0.15) is 0 Å². The van der Waals surface area contributed by atoms with Crippen LogP contribution in [0.3, 0.4) is 0 Å². The second-order valence-corrected chi connectivity index (χ2v) is 3.40. The molecule has 5 N–H and O–H groups in total. The lowest BCUT2D eigenvalue weighted by molar-refractivity contribution is 0.198. The van der Waals surface area contributed by atoms with Gasteiger partial charge in [-0.15, -0.1) is 0 Å². The molecule has 0 fully saturated rings. The van der Waals surface area contributed by atoms with Crippen molar-refractivity contribution < 1.29 is 18.9 Å². The molecule has 0 saturated heterocycles. The minimum atomic E-state index is -4.22. The molecule has 0 aliphatic rings. The van der Waals surface area contributed by atoms with Crippen molar-refractivity contribution in [1.82, 2.24) is 6.15 Å². The average molecular weight is 236 g/mol. The first kappa shape index (κ1) is 13.2. The fraction of sp³-hybridized carbons (Fsp3) is 1.00. The quantitative estimate of drug-likeness (QED) is 0.384. The Balaban J connectivity index is 0. The lowest BCUT2D eigenvalue weighted by Crippen LogP contribution is -1.91. The Kier molecular flexibility index (Phi) is 8.26. The largest absolute Gasteiger partial charge is 0.469 e. The Bertz CT molecular complexity index is 115. The van der Waals surface area contributed by atoms with E-state index in [1.807, 2.05) is 0 Å². The van der Waals surface area contributed by atoms with Crippen molar-refractivity contribution in [3.63, 3.8) is 0 Å². The second kappa shape index (κ2) is 6.27. The van der Waals surface area contributed by atoms with Gasteiger partial charge in [0, 0.05) is 5.33 Å². The monoisotopic (exact) mass is 235 g/mol. The third kappa shape index (κ3) is 11.4. The number of hydrogen-bond donors (Lipinski definition) is 3. The predicted octanol–water partition coefficient (Wildman–Crippen LogP) is 1.04. The Morgan fingerprint density at radius 2 is 2.00 bits per heavy atom. The van der Waals surface area contributed by atoms with Gasteiger partial charge in [-0.25, -0.2) is 4.57 Å². The highest BCUT2D eigenvalue weighted by atomic mass is 79.9. The summed E-state index contributed by atoms with van der Waals surface area (Å²) in [5, 5.41) is 0.688. The summed E-state index contributed by atoms with van der Waals surface area (Å²) in [6.07, 6.45) is 0.602. The molecule has 0 rings (SSSR count). The molecule has 0 heterocycles. The zero-order valence-electron chi connectivity index (χ0n) is 5.36. The van der Waals surface area contributed by atoms with Crippen LogP contribution in [-0.2, 0) is 9.09 Å². The SMILES string of the molecule is N.O=P(O)(O)OCCCBr. The van der Waals surface area contributed by atoms with Gasteiger partial charge in [0.2, 0.25) is 0 Å². The van der Waals surface area contributed by atoms with Crippen LogP contribution >= 0.6 is 23.8 Å². The van der Waals surface area contributed by atoms with Crippen LogP contribution < -0.4 is 6.15 Å². The fourth-order valence-electron chi connectivity index (χ4n) is 0.238. The van der Waals surface area contributed by atoms with Crippen LogP contribution in [0.5, 0.6) is 0 Å². The topological polar surface area (TPSA) is 102 Å². The molecule has 7 heteroatoms. The third-order valence-electron chi connectivity index (χ3n) is 0.537. The molecule has 0 aliphatic carbocycles. The lowest BCUT2D eigenvalue weighted by Gasteiger charge is -2.01. The first-order valence-electron chi connectivity index (χ1n) is 2.32. The van der Waals surface area contributed by atoms with Crippen molar-refractivity contribution in [3.05, 3.63) is 0 Å². The molecular weight excluding hydrogens is 225 g/mol. The Hall–Kier alpha value is 0.550. The summed E-state index contributed by atoms with van der Waals surface area (Å²) in [7, 11) is -4.22. The van der Waals surface area contributed by atoms with E-state index >= 15 is 0 Å². The third-order valence-corrected chi connectivity index (χ3v) is 1.62. The van der Waals surface area contributed by atoms with Crippen molar-refractivity contribution in [2.24, 2.45) is 0 Å². The van der Waals surface area contributed by atoms with Crippen molar-refractivity contribution >= 4 is 23.8 Å².